The van der Waals surface area contributed by atoms with E-state index in [1.54, 1.807) is 15.5 Å². The van der Waals surface area contributed by atoms with Gasteiger partial charge in [0.2, 0.25) is 15.0 Å². The topological polar surface area (TPSA) is 75.5 Å². The van der Waals surface area contributed by atoms with Gasteiger partial charge in [-0.05, 0) is 55.9 Å². The van der Waals surface area contributed by atoms with Gasteiger partial charge in [0.1, 0.15) is 5.82 Å². The summed E-state index contributed by atoms with van der Waals surface area (Å²) < 4.78 is 42.2. The molecule has 0 aliphatic rings. The number of amides is 1. The lowest BCUT2D eigenvalue weighted by atomic mass is 10.1. The van der Waals surface area contributed by atoms with Crippen LogP contribution in [-0.2, 0) is 28.7 Å². The van der Waals surface area contributed by atoms with Gasteiger partial charge >= 0.3 is 0 Å². The molecule has 1 heterocycles. The lowest BCUT2D eigenvalue weighted by Crippen LogP contribution is -2.37. The molecule has 0 saturated carbocycles. The minimum atomic E-state index is -3.88. The van der Waals surface area contributed by atoms with Gasteiger partial charge in [-0.3, -0.25) is 4.79 Å². The van der Waals surface area contributed by atoms with Gasteiger partial charge in [-0.15, -0.1) is 0 Å². The maximum absolute atomic E-state index is 13.7. The second-order valence-electron chi connectivity index (χ2n) is 9.83. The van der Waals surface area contributed by atoms with Crippen molar-refractivity contribution in [3.8, 4) is 0 Å². The number of rotatable bonds is 11. The summed E-state index contributed by atoms with van der Waals surface area (Å²) in [4.78, 5) is 21.7. The van der Waals surface area contributed by atoms with Crippen molar-refractivity contribution >= 4 is 15.7 Å². The van der Waals surface area contributed by atoms with E-state index in [2.05, 4.69) is 4.98 Å². The lowest BCUT2D eigenvalue weighted by molar-refractivity contribution is 0.0727. The van der Waals surface area contributed by atoms with E-state index in [1.165, 1.54) is 30.5 Å². The predicted octanol–water partition coefficient (Wildman–Crippen LogP) is 4.56. The van der Waals surface area contributed by atoms with Gasteiger partial charge in [-0.1, -0.05) is 60.7 Å². The summed E-state index contributed by atoms with van der Waals surface area (Å²) in [7, 11) is 0.00235. The van der Waals surface area contributed by atoms with Crippen LogP contribution in [0.3, 0.4) is 0 Å². The Bertz CT molecular complexity index is 1520. The summed E-state index contributed by atoms with van der Waals surface area (Å²) in [6.45, 7) is 3.45. The average Bonchev–Trinajstić information content (AvgIpc) is 3.31. The van der Waals surface area contributed by atoms with Crippen molar-refractivity contribution in [2.24, 2.45) is 0 Å². The molecule has 0 fully saturated rings. The molecule has 0 N–H and O–H groups in total. The molecular formula is C30H33FN4O3S. The van der Waals surface area contributed by atoms with Crippen LogP contribution in [0.4, 0.5) is 4.39 Å². The van der Waals surface area contributed by atoms with E-state index in [9.17, 15) is 17.6 Å². The normalized spacial score (nSPS) is 11.6. The number of nitrogens with zero attached hydrogens (tertiary/aromatic N) is 4. The minimum Gasteiger partial charge on any atom is -0.331 e. The molecular weight excluding hydrogens is 515 g/mol. The zero-order valence-electron chi connectivity index (χ0n) is 22.4. The van der Waals surface area contributed by atoms with E-state index >= 15 is 0 Å². The molecule has 9 heteroatoms. The van der Waals surface area contributed by atoms with Crippen LogP contribution in [0.1, 0.15) is 32.7 Å². The summed E-state index contributed by atoms with van der Waals surface area (Å²) >= 11 is 0. The van der Waals surface area contributed by atoms with Crippen LogP contribution >= 0.6 is 0 Å². The Labute approximate surface area is 229 Å². The Morgan fingerprint density at radius 3 is 2.23 bits per heavy atom. The second-order valence-corrected chi connectivity index (χ2v) is 11.7. The van der Waals surface area contributed by atoms with Crippen molar-refractivity contribution in [3.05, 3.63) is 119 Å². The predicted molar refractivity (Wildman–Crippen MR) is 150 cm³/mol. The van der Waals surface area contributed by atoms with Gasteiger partial charge < -0.3 is 14.4 Å². The van der Waals surface area contributed by atoms with Crippen LogP contribution in [0, 0.1) is 12.7 Å². The van der Waals surface area contributed by atoms with E-state index < -0.39 is 15.7 Å². The monoisotopic (exact) mass is 548 g/mol. The Hall–Kier alpha value is -3.82. The van der Waals surface area contributed by atoms with Crippen LogP contribution in [-0.4, -0.2) is 60.9 Å². The highest BCUT2D eigenvalue weighted by molar-refractivity contribution is 7.90. The first-order valence-corrected chi connectivity index (χ1v) is 14.3. The number of sulfone groups is 1. The van der Waals surface area contributed by atoms with Crippen molar-refractivity contribution < 1.29 is 17.6 Å². The largest absolute Gasteiger partial charge is 0.331 e. The number of aromatic nitrogens is 2. The summed E-state index contributed by atoms with van der Waals surface area (Å²) in [5.41, 5.74) is 3.46. The first kappa shape index (κ1) is 28.2. The molecule has 1 amide bonds. The highest BCUT2D eigenvalue weighted by Gasteiger charge is 2.26. The maximum Gasteiger partial charge on any atom is 0.254 e. The van der Waals surface area contributed by atoms with Gasteiger partial charge in [-0.2, -0.15) is 0 Å². The third kappa shape index (κ3) is 7.19. The zero-order chi connectivity index (χ0) is 28.0. The Kier molecular flexibility index (Phi) is 8.93. The molecule has 204 valence electrons. The smallest absolute Gasteiger partial charge is 0.254 e. The number of halogens is 1. The third-order valence-corrected chi connectivity index (χ3v) is 8.06. The average molecular weight is 549 g/mol. The van der Waals surface area contributed by atoms with Crippen molar-refractivity contribution in [2.75, 3.05) is 27.2 Å². The van der Waals surface area contributed by atoms with Gasteiger partial charge in [0.05, 0.1) is 30.7 Å². The van der Waals surface area contributed by atoms with E-state index in [0.29, 0.717) is 29.9 Å². The molecule has 0 bridgehead atoms. The molecule has 4 aromatic rings. The Morgan fingerprint density at radius 1 is 0.897 bits per heavy atom. The minimum absolute atomic E-state index is 0.0819. The molecule has 0 unspecified atom stereocenters. The SMILES string of the molecule is Cc1ccccc1C(=O)N(CCN(C)C)Cc1cnc(S(=O)(=O)Cc2ccc(F)cc2)n1Cc1ccccc1. The van der Waals surface area contributed by atoms with E-state index in [0.717, 1.165) is 11.1 Å². The number of hydrogen-bond acceptors (Lipinski definition) is 5. The van der Waals surface area contributed by atoms with Crippen LogP contribution in [0.25, 0.3) is 0 Å². The fourth-order valence-electron chi connectivity index (χ4n) is 4.32. The first-order chi connectivity index (χ1) is 18.6. The number of imidazole rings is 1. The molecule has 4 rings (SSSR count). The fourth-order valence-corrected chi connectivity index (χ4v) is 5.81. The highest BCUT2D eigenvalue weighted by atomic mass is 32.2. The molecule has 0 spiro atoms. The van der Waals surface area contributed by atoms with Crippen molar-refractivity contribution in [1.29, 1.82) is 0 Å². The third-order valence-electron chi connectivity index (χ3n) is 6.47. The summed E-state index contributed by atoms with van der Waals surface area (Å²) in [6, 6.07) is 22.4. The lowest BCUT2D eigenvalue weighted by Gasteiger charge is -2.26. The van der Waals surface area contributed by atoms with Crippen molar-refractivity contribution in [1.82, 2.24) is 19.4 Å². The molecule has 7 nitrogen and oxygen atoms in total. The van der Waals surface area contributed by atoms with Crippen LogP contribution in [0.2, 0.25) is 0 Å². The molecule has 39 heavy (non-hydrogen) atoms. The molecule has 3 aromatic carbocycles. The molecule has 0 atom stereocenters. The Balaban J connectivity index is 1.72. The van der Waals surface area contributed by atoms with Crippen molar-refractivity contribution in [2.45, 2.75) is 30.9 Å². The first-order valence-electron chi connectivity index (χ1n) is 12.7. The second kappa shape index (κ2) is 12.4. The molecule has 0 aliphatic carbocycles. The summed E-state index contributed by atoms with van der Waals surface area (Å²) in [6.07, 6.45) is 1.54. The summed E-state index contributed by atoms with van der Waals surface area (Å²) in [5, 5.41) is -0.0819. The van der Waals surface area contributed by atoms with Crippen LogP contribution < -0.4 is 0 Å². The van der Waals surface area contributed by atoms with Crippen molar-refractivity contribution in [3.63, 3.8) is 0 Å². The van der Waals surface area contributed by atoms with Gasteiger partial charge in [-0.25, -0.2) is 17.8 Å². The number of aryl methyl sites for hydroxylation is 1. The van der Waals surface area contributed by atoms with Crippen LogP contribution in [0.5, 0.6) is 0 Å². The van der Waals surface area contributed by atoms with E-state index in [-0.39, 0.29) is 29.9 Å². The zero-order valence-corrected chi connectivity index (χ0v) is 23.2. The standard InChI is InChI=1S/C30H33FN4O3S/c1-23-9-7-8-12-28(23)29(36)34(18-17-33(2)3)21-27-19-32-30(35(27)20-24-10-5-4-6-11-24)39(37,38)22-25-13-15-26(31)16-14-25/h4-16,19H,17-18,20-22H2,1-3H3. The fraction of sp³-hybridized carbons (Fsp3) is 0.267. The van der Waals surface area contributed by atoms with Gasteiger partial charge in [0.15, 0.2) is 0 Å². The molecule has 0 radical (unpaired) electrons. The number of hydrogen-bond donors (Lipinski definition) is 0. The number of benzene rings is 3. The number of carbonyl (C=O) groups is 1. The quantitative estimate of drug-likeness (QED) is 0.275. The maximum atomic E-state index is 13.7. The molecule has 0 aliphatic heterocycles. The van der Waals surface area contributed by atoms with E-state index in [1.807, 2.05) is 74.4 Å². The highest BCUT2D eigenvalue weighted by Crippen LogP contribution is 2.22. The van der Waals surface area contributed by atoms with Gasteiger partial charge in [0.25, 0.3) is 5.91 Å². The number of carbonyl (C=O) groups excluding carboxylic acids is 1. The van der Waals surface area contributed by atoms with Gasteiger partial charge in [0, 0.05) is 18.7 Å². The number of likely N-dealkylation sites (N-methyl/N-ethyl adjacent to an activating group) is 1. The molecule has 1 aromatic heterocycles. The van der Waals surface area contributed by atoms with Crippen LogP contribution in [0.15, 0.2) is 90.2 Å². The Morgan fingerprint density at radius 2 is 1.56 bits per heavy atom. The summed E-state index contributed by atoms with van der Waals surface area (Å²) in [5.74, 6) is -0.872. The van der Waals surface area contributed by atoms with E-state index in [4.69, 9.17) is 0 Å². The molecule has 0 saturated heterocycles.